The molecule has 1 N–H and O–H groups in total. The van der Waals surface area contributed by atoms with Crippen LogP contribution in [-0.4, -0.2) is 74.2 Å². The Labute approximate surface area is 185 Å². The van der Waals surface area contributed by atoms with Crippen LogP contribution in [0.4, 0.5) is 5.69 Å². The number of amides is 2. The van der Waals surface area contributed by atoms with Crippen LogP contribution in [0.15, 0.2) is 18.2 Å². The Morgan fingerprint density at radius 1 is 1.19 bits per heavy atom. The number of nitrogens with one attached hydrogen (secondary N) is 1. The molecule has 1 aromatic carbocycles. The predicted molar refractivity (Wildman–Crippen MR) is 119 cm³/mol. The van der Waals surface area contributed by atoms with E-state index < -0.39 is 0 Å². The summed E-state index contributed by atoms with van der Waals surface area (Å²) in [7, 11) is 1.67. The molecule has 7 nitrogen and oxygen atoms in total. The van der Waals surface area contributed by atoms with Crippen LogP contribution in [-0.2, 0) is 20.7 Å². The molecule has 2 atom stereocenters. The third-order valence-corrected chi connectivity index (χ3v) is 6.94. The summed E-state index contributed by atoms with van der Waals surface area (Å²) in [5.74, 6) is 1.15. The summed E-state index contributed by atoms with van der Waals surface area (Å²) in [5.41, 5.74) is 1.89. The van der Waals surface area contributed by atoms with Gasteiger partial charge in [0.05, 0.1) is 6.61 Å². The fourth-order valence-electron chi connectivity index (χ4n) is 5.27. The number of fused-ring (bicyclic) bond motifs is 2. The molecule has 3 heterocycles. The second-order valence-corrected chi connectivity index (χ2v) is 8.99. The SMILES string of the molecule is COCCN(CC1CCCN2CCCCC12)C(=O)COc1ccc2c(c1)NC(=O)CC2. The third-order valence-electron chi connectivity index (χ3n) is 6.94. The molecule has 2 unspecified atom stereocenters. The Balaban J connectivity index is 1.36. The van der Waals surface area contributed by atoms with Gasteiger partial charge in [0.25, 0.3) is 5.91 Å². The zero-order valence-electron chi connectivity index (χ0n) is 18.6. The van der Waals surface area contributed by atoms with E-state index in [0.29, 0.717) is 37.3 Å². The molecule has 0 aliphatic carbocycles. The lowest BCUT2D eigenvalue weighted by Gasteiger charge is -2.45. The number of hydrogen-bond acceptors (Lipinski definition) is 5. The summed E-state index contributed by atoms with van der Waals surface area (Å²) in [6, 6.07) is 6.27. The standard InChI is InChI=1S/C24H35N3O4/c1-30-14-13-27(16-19-5-4-12-26-11-3-2-6-22(19)26)24(29)17-31-20-9-7-18-8-10-23(28)25-21(18)15-20/h7,9,15,19,22H,2-6,8,10-14,16-17H2,1H3,(H,25,28). The van der Waals surface area contributed by atoms with Gasteiger partial charge < -0.3 is 24.6 Å². The molecule has 4 rings (SSSR count). The average molecular weight is 430 g/mol. The highest BCUT2D eigenvalue weighted by Gasteiger charge is 2.34. The van der Waals surface area contributed by atoms with Crippen molar-refractivity contribution in [1.82, 2.24) is 9.80 Å². The van der Waals surface area contributed by atoms with E-state index in [-0.39, 0.29) is 18.4 Å². The van der Waals surface area contributed by atoms with Crippen LogP contribution in [0.1, 0.15) is 44.1 Å². The molecule has 2 saturated heterocycles. The smallest absolute Gasteiger partial charge is 0.260 e. The minimum atomic E-state index is -0.00765. The molecule has 3 aliphatic rings. The van der Waals surface area contributed by atoms with E-state index in [4.69, 9.17) is 9.47 Å². The minimum absolute atomic E-state index is 0.00243. The fraction of sp³-hybridized carbons (Fsp3) is 0.667. The van der Waals surface area contributed by atoms with Gasteiger partial charge in [0.2, 0.25) is 5.91 Å². The molecule has 0 aromatic heterocycles. The van der Waals surface area contributed by atoms with E-state index in [9.17, 15) is 9.59 Å². The van der Waals surface area contributed by atoms with Crippen LogP contribution < -0.4 is 10.1 Å². The van der Waals surface area contributed by atoms with E-state index in [1.54, 1.807) is 7.11 Å². The van der Waals surface area contributed by atoms with Gasteiger partial charge in [-0.2, -0.15) is 0 Å². The molecule has 2 fully saturated rings. The molecule has 0 bridgehead atoms. The van der Waals surface area contributed by atoms with Crippen molar-refractivity contribution in [2.24, 2.45) is 5.92 Å². The van der Waals surface area contributed by atoms with E-state index in [2.05, 4.69) is 10.2 Å². The summed E-state index contributed by atoms with van der Waals surface area (Å²) in [5, 5.41) is 2.88. The first-order valence-electron chi connectivity index (χ1n) is 11.7. The number of ether oxygens (including phenoxy) is 2. The molecule has 0 radical (unpaired) electrons. The van der Waals surface area contributed by atoms with Crippen molar-refractivity contribution in [3.05, 3.63) is 23.8 Å². The Bertz CT molecular complexity index is 782. The number of benzene rings is 1. The number of hydrogen-bond donors (Lipinski definition) is 1. The van der Waals surface area contributed by atoms with E-state index in [0.717, 1.165) is 24.2 Å². The summed E-state index contributed by atoms with van der Waals surface area (Å²) < 4.78 is 11.1. The maximum atomic E-state index is 13.1. The number of anilines is 1. The van der Waals surface area contributed by atoms with Crippen LogP contribution in [0.25, 0.3) is 0 Å². The summed E-state index contributed by atoms with van der Waals surface area (Å²) in [4.78, 5) is 29.3. The molecule has 170 valence electrons. The summed E-state index contributed by atoms with van der Waals surface area (Å²) >= 11 is 0. The van der Waals surface area contributed by atoms with Crippen LogP contribution in [0.5, 0.6) is 5.75 Å². The topological polar surface area (TPSA) is 71.1 Å². The number of piperidine rings is 2. The summed E-state index contributed by atoms with van der Waals surface area (Å²) in [6.45, 7) is 4.28. The zero-order valence-corrected chi connectivity index (χ0v) is 18.6. The Morgan fingerprint density at radius 3 is 2.94 bits per heavy atom. The molecular formula is C24H35N3O4. The van der Waals surface area contributed by atoms with Crippen molar-refractivity contribution in [3.8, 4) is 5.75 Å². The van der Waals surface area contributed by atoms with Gasteiger partial charge in [-0.3, -0.25) is 9.59 Å². The highest BCUT2D eigenvalue weighted by atomic mass is 16.5. The third kappa shape index (κ3) is 5.57. The second kappa shape index (κ2) is 10.5. The number of nitrogens with zero attached hydrogens (tertiary/aromatic N) is 2. The molecule has 3 aliphatic heterocycles. The van der Waals surface area contributed by atoms with Crippen molar-refractivity contribution in [2.45, 2.75) is 51.0 Å². The molecule has 7 heteroatoms. The van der Waals surface area contributed by atoms with Gasteiger partial charge in [-0.15, -0.1) is 0 Å². The van der Waals surface area contributed by atoms with E-state index >= 15 is 0 Å². The number of rotatable bonds is 8. The van der Waals surface area contributed by atoms with Crippen LogP contribution >= 0.6 is 0 Å². The minimum Gasteiger partial charge on any atom is -0.484 e. The number of aryl methyl sites for hydroxylation is 1. The van der Waals surface area contributed by atoms with E-state index in [1.807, 2.05) is 23.1 Å². The van der Waals surface area contributed by atoms with Crippen LogP contribution in [0, 0.1) is 5.92 Å². The highest BCUT2D eigenvalue weighted by Crippen LogP contribution is 2.31. The van der Waals surface area contributed by atoms with Gasteiger partial charge >= 0.3 is 0 Å². The normalized spacial score (nSPS) is 23.5. The van der Waals surface area contributed by atoms with Crippen molar-refractivity contribution >= 4 is 17.5 Å². The first-order chi connectivity index (χ1) is 15.1. The second-order valence-electron chi connectivity index (χ2n) is 8.99. The maximum Gasteiger partial charge on any atom is 0.260 e. The molecular weight excluding hydrogens is 394 g/mol. The van der Waals surface area contributed by atoms with Crippen LogP contribution in [0.2, 0.25) is 0 Å². The van der Waals surface area contributed by atoms with Crippen molar-refractivity contribution in [3.63, 3.8) is 0 Å². The Kier molecular flexibility index (Phi) is 7.45. The number of methoxy groups -OCH3 is 1. The quantitative estimate of drug-likeness (QED) is 0.688. The van der Waals surface area contributed by atoms with Gasteiger partial charge in [-0.25, -0.2) is 0 Å². The van der Waals surface area contributed by atoms with Crippen molar-refractivity contribution in [1.29, 1.82) is 0 Å². The van der Waals surface area contributed by atoms with Gasteiger partial charge in [-0.05, 0) is 62.7 Å². The van der Waals surface area contributed by atoms with E-state index in [1.165, 1.54) is 45.2 Å². The molecule has 0 saturated carbocycles. The maximum absolute atomic E-state index is 13.1. The van der Waals surface area contributed by atoms with Gasteiger partial charge in [0.1, 0.15) is 5.75 Å². The Hall–Kier alpha value is -2.12. The first-order valence-corrected chi connectivity index (χ1v) is 11.7. The summed E-state index contributed by atoms with van der Waals surface area (Å²) in [6.07, 6.45) is 7.49. The molecule has 0 spiro atoms. The first kappa shape index (κ1) is 22.1. The number of carbonyl (C=O) groups excluding carboxylic acids is 2. The highest BCUT2D eigenvalue weighted by molar-refractivity contribution is 5.94. The van der Waals surface area contributed by atoms with Crippen LogP contribution in [0.3, 0.4) is 0 Å². The fourth-order valence-corrected chi connectivity index (χ4v) is 5.27. The lowest BCUT2D eigenvalue weighted by molar-refractivity contribution is -0.135. The van der Waals surface area contributed by atoms with Gasteiger partial charge in [-0.1, -0.05) is 12.5 Å². The largest absolute Gasteiger partial charge is 0.484 e. The van der Waals surface area contributed by atoms with Crippen molar-refractivity contribution < 1.29 is 19.1 Å². The lowest BCUT2D eigenvalue weighted by Crippen LogP contribution is -2.52. The molecule has 1 aromatic rings. The molecule has 31 heavy (non-hydrogen) atoms. The van der Waals surface area contributed by atoms with Crippen molar-refractivity contribution in [2.75, 3.05) is 51.8 Å². The average Bonchev–Trinajstić information content (AvgIpc) is 2.80. The lowest BCUT2D eigenvalue weighted by atomic mass is 9.83. The number of carbonyl (C=O) groups is 2. The predicted octanol–water partition coefficient (Wildman–Crippen LogP) is 2.69. The zero-order chi connectivity index (χ0) is 21.6. The van der Waals surface area contributed by atoms with Gasteiger partial charge in [0, 0.05) is 44.4 Å². The Morgan fingerprint density at radius 2 is 2.06 bits per heavy atom. The molecule has 2 amide bonds. The van der Waals surface area contributed by atoms with Gasteiger partial charge in [0.15, 0.2) is 6.61 Å². The monoisotopic (exact) mass is 429 g/mol.